The molecule has 0 aliphatic rings. The zero-order chi connectivity index (χ0) is 12.1. The summed E-state index contributed by atoms with van der Waals surface area (Å²) in [6, 6.07) is 5.70. The predicted octanol–water partition coefficient (Wildman–Crippen LogP) is 2.60. The van der Waals surface area contributed by atoms with E-state index in [4.69, 9.17) is 9.47 Å². The average molecular weight is 230 g/mol. The first-order chi connectivity index (χ1) is 8.33. The summed E-state index contributed by atoms with van der Waals surface area (Å²) in [6.45, 7) is 0. The van der Waals surface area contributed by atoms with Crippen LogP contribution in [0.1, 0.15) is 11.3 Å². The van der Waals surface area contributed by atoms with E-state index in [1.807, 2.05) is 30.4 Å². The zero-order valence-corrected chi connectivity index (χ0v) is 9.81. The fraction of sp³-hybridized carbons (Fsp3) is 0.154. The van der Waals surface area contributed by atoms with Gasteiger partial charge in [-0.25, -0.2) is 4.98 Å². The van der Waals surface area contributed by atoms with Crippen molar-refractivity contribution in [2.24, 2.45) is 0 Å². The smallest absolute Gasteiger partial charge is 0.129 e. The van der Waals surface area contributed by atoms with Gasteiger partial charge in [-0.3, -0.25) is 0 Å². The lowest BCUT2D eigenvalue weighted by molar-refractivity contribution is 0.394. The average Bonchev–Trinajstić information content (AvgIpc) is 2.89. The summed E-state index contributed by atoms with van der Waals surface area (Å²) in [5.41, 5.74) is 1.94. The van der Waals surface area contributed by atoms with E-state index in [1.54, 1.807) is 26.7 Å². The van der Waals surface area contributed by atoms with Gasteiger partial charge >= 0.3 is 0 Å². The molecule has 0 aliphatic heterocycles. The van der Waals surface area contributed by atoms with Gasteiger partial charge in [-0.05, 0) is 24.3 Å². The normalized spacial score (nSPS) is 10.7. The van der Waals surface area contributed by atoms with E-state index in [-0.39, 0.29) is 0 Å². The Balaban J connectivity index is 2.26. The van der Waals surface area contributed by atoms with Crippen molar-refractivity contribution in [1.82, 2.24) is 9.97 Å². The molecule has 2 aromatic rings. The second-order valence-electron chi connectivity index (χ2n) is 3.45. The van der Waals surface area contributed by atoms with Crippen LogP contribution in [-0.2, 0) is 0 Å². The lowest BCUT2D eigenvalue weighted by Gasteiger charge is -2.06. The molecule has 4 heteroatoms. The molecular weight excluding hydrogens is 216 g/mol. The molecule has 0 bridgehead atoms. The fourth-order valence-corrected chi connectivity index (χ4v) is 1.49. The topological polar surface area (TPSA) is 47.1 Å². The van der Waals surface area contributed by atoms with Gasteiger partial charge in [0.15, 0.2) is 0 Å². The molecule has 1 aromatic carbocycles. The molecule has 0 atom stereocenters. The minimum Gasteiger partial charge on any atom is -0.497 e. The maximum Gasteiger partial charge on any atom is 0.129 e. The van der Waals surface area contributed by atoms with Crippen LogP contribution in [-0.4, -0.2) is 24.2 Å². The Labute approximate surface area is 99.9 Å². The summed E-state index contributed by atoms with van der Waals surface area (Å²) in [4.78, 5) is 6.95. The Bertz CT molecular complexity index is 504. The first-order valence-corrected chi connectivity index (χ1v) is 5.22. The van der Waals surface area contributed by atoms with Gasteiger partial charge in [0.1, 0.15) is 11.5 Å². The summed E-state index contributed by atoms with van der Waals surface area (Å²) in [6.07, 6.45) is 7.31. The summed E-state index contributed by atoms with van der Waals surface area (Å²) < 4.78 is 10.4. The van der Waals surface area contributed by atoms with Gasteiger partial charge in [0.05, 0.1) is 32.4 Å². The molecule has 88 valence electrons. The number of benzene rings is 1. The molecule has 1 aromatic heterocycles. The Morgan fingerprint density at radius 3 is 2.71 bits per heavy atom. The molecule has 2 rings (SSSR count). The molecule has 0 saturated heterocycles. The highest BCUT2D eigenvalue weighted by atomic mass is 16.5. The molecule has 0 unspecified atom stereocenters. The standard InChI is InChI=1S/C13H14N2O2/c1-16-12-6-4-10(13(7-12)17-2)3-5-11-8-14-9-15-11/h3-9H,1-2H3,(H,14,15)/b5-3+. The lowest BCUT2D eigenvalue weighted by Crippen LogP contribution is -1.89. The van der Waals surface area contributed by atoms with E-state index in [9.17, 15) is 0 Å². The highest BCUT2D eigenvalue weighted by Gasteiger charge is 2.01. The number of methoxy groups -OCH3 is 2. The number of H-pyrrole nitrogens is 1. The second kappa shape index (κ2) is 5.21. The van der Waals surface area contributed by atoms with Crippen LogP contribution >= 0.6 is 0 Å². The summed E-state index contributed by atoms with van der Waals surface area (Å²) >= 11 is 0. The summed E-state index contributed by atoms with van der Waals surface area (Å²) in [5, 5.41) is 0. The van der Waals surface area contributed by atoms with Crippen molar-refractivity contribution < 1.29 is 9.47 Å². The van der Waals surface area contributed by atoms with Crippen LogP contribution in [0.4, 0.5) is 0 Å². The third-order valence-electron chi connectivity index (χ3n) is 2.40. The van der Waals surface area contributed by atoms with E-state index in [2.05, 4.69) is 9.97 Å². The van der Waals surface area contributed by atoms with Gasteiger partial charge in [0.2, 0.25) is 0 Å². The van der Waals surface area contributed by atoms with Gasteiger partial charge < -0.3 is 14.5 Å². The van der Waals surface area contributed by atoms with E-state index < -0.39 is 0 Å². The van der Waals surface area contributed by atoms with Crippen molar-refractivity contribution in [3.8, 4) is 11.5 Å². The van der Waals surface area contributed by atoms with Crippen molar-refractivity contribution in [2.75, 3.05) is 14.2 Å². The van der Waals surface area contributed by atoms with Crippen LogP contribution < -0.4 is 9.47 Å². The number of nitrogens with zero attached hydrogens (tertiary/aromatic N) is 1. The summed E-state index contributed by atoms with van der Waals surface area (Å²) in [7, 11) is 3.27. The first-order valence-electron chi connectivity index (χ1n) is 5.22. The van der Waals surface area contributed by atoms with Gasteiger partial charge in [-0.15, -0.1) is 0 Å². The van der Waals surface area contributed by atoms with Gasteiger partial charge in [0.25, 0.3) is 0 Å². The predicted molar refractivity (Wildman–Crippen MR) is 67.1 cm³/mol. The number of hydrogen-bond acceptors (Lipinski definition) is 3. The van der Waals surface area contributed by atoms with Crippen molar-refractivity contribution in [3.63, 3.8) is 0 Å². The van der Waals surface area contributed by atoms with Crippen molar-refractivity contribution in [1.29, 1.82) is 0 Å². The van der Waals surface area contributed by atoms with E-state index in [0.717, 1.165) is 22.8 Å². The third kappa shape index (κ3) is 2.66. The Morgan fingerprint density at radius 1 is 1.18 bits per heavy atom. The second-order valence-corrected chi connectivity index (χ2v) is 3.45. The van der Waals surface area contributed by atoms with Crippen molar-refractivity contribution in [2.45, 2.75) is 0 Å². The molecule has 0 saturated carbocycles. The van der Waals surface area contributed by atoms with Crippen LogP contribution in [0.25, 0.3) is 12.2 Å². The fourth-order valence-electron chi connectivity index (χ4n) is 1.49. The Kier molecular flexibility index (Phi) is 3.45. The van der Waals surface area contributed by atoms with Crippen LogP contribution in [0.5, 0.6) is 11.5 Å². The molecule has 0 spiro atoms. The number of imidazole rings is 1. The number of ether oxygens (including phenoxy) is 2. The number of nitrogens with one attached hydrogen (secondary N) is 1. The number of rotatable bonds is 4. The largest absolute Gasteiger partial charge is 0.497 e. The highest BCUT2D eigenvalue weighted by Crippen LogP contribution is 2.25. The van der Waals surface area contributed by atoms with Gasteiger partial charge in [-0.2, -0.15) is 0 Å². The van der Waals surface area contributed by atoms with Crippen LogP contribution in [0.2, 0.25) is 0 Å². The van der Waals surface area contributed by atoms with Crippen molar-refractivity contribution >= 4 is 12.2 Å². The van der Waals surface area contributed by atoms with E-state index in [1.165, 1.54) is 0 Å². The molecular formula is C13H14N2O2. The molecule has 0 fully saturated rings. The third-order valence-corrected chi connectivity index (χ3v) is 2.40. The van der Waals surface area contributed by atoms with Crippen LogP contribution in [0.3, 0.4) is 0 Å². The van der Waals surface area contributed by atoms with Crippen LogP contribution in [0.15, 0.2) is 30.7 Å². The van der Waals surface area contributed by atoms with E-state index in [0.29, 0.717) is 0 Å². The Morgan fingerprint density at radius 2 is 2.06 bits per heavy atom. The molecule has 4 nitrogen and oxygen atoms in total. The SMILES string of the molecule is COc1ccc(/C=C/c2cnc[nH]2)c(OC)c1. The minimum absolute atomic E-state index is 0.778. The maximum atomic E-state index is 5.30. The highest BCUT2D eigenvalue weighted by molar-refractivity contribution is 5.71. The molecule has 1 heterocycles. The molecule has 0 radical (unpaired) electrons. The van der Waals surface area contributed by atoms with Gasteiger partial charge in [0, 0.05) is 11.6 Å². The first kappa shape index (κ1) is 11.3. The number of hydrogen-bond donors (Lipinski definition) is 1. The van der Waals surface area contributed by atoms with Gasteiger partial charge in [-0.1, -0.05) is 0 Å². The molecule has 1 N–H and O–H groups in total. The van der Waals surface area contributed by atoms with Crippen LogP contribution in [0, 0.1) is 0 Å². The monoisotopic (exact) mass is 230 g/mol. The molecule has 0 amide bonds. The number of aromatic nitrogens is 2. The van der Waals surface area contributed by atoms with Crippen molar-refractivity contribution in [3.05, 3.63) is 42.0 Å². The summed E-state index contributed by atoms with van der Waals surface area (Å²) in [5.74, 6) is 1.56. The maximum absolute atomic E-state index is 5.30. The van der Waals surface area contributed by atoms with E-state index >= 15 is 0 Å². The molecule has 17 heavy (non-hydrogen) atoms. The lowest BCUT2D eigenvalue weighted by atomic mass is 10.1. The minimum atomic E-state index is 0.778. The quantitative estimate of drug-likeness (QED) is 0.878. The number of aromatic amines is 1. The zero-order valence-electron chi connectivity index (χ0n) is 9.81. The Hall–Kier alpha value is -2.23. The molecule has 0 aliphatic carbocycles.